The highest BCUT2D eigenvalue weighted by atomic mass is 32.2. The van der Waals surface area contributed by atoms with Crippen molar-refractivity contribution in [2.24, 2.45) is 5.92 Å². The minimum absolute atomic E-state index is 0.740. The lowest BCUT2D eigenvalue weighted by molar-refractivity contribution is 0.506. The summed E-state index contributed by atoms with van der Waals surface area (Å²) in [5.41, 5.74) is 7.32. The summed E-state index contributed by atoms with van der Waals surface area (Å²) in [7, 11) is 0. The van der Waals surface area contributed by atoms with E-state index in [1.807, 2.05) is 18.3 Å². The maximum Gasteiger partial charge on any atom is 0.162 e. The van der Waals surface area contributed by atoms with Gasteiger partial charge in [0.25, 0.3) is 0 Å². The summed E-state index contributed by atoms with van der Waals surface area (Å²) < 4.78 is 2.05. The summed E-state index contributed by atoms with van der Waals surface area (Å²) in [5.74, 6) is 4.38. The van der Waals surface area contributed by atoms with Gasteiger partial charge < -0.3 is 5.73 Å². The number of pyridine rings is 1. The van der Waals surface area contributed by atoms with Crippen LogP contribution < -0.4 is 5.73 Å². The second-order valence-electron chi connectivity index (χ2n) is 4.59. The first-order chi connectivity index (χ1) is 8.33. The number of hydrogen-bond donors (Lipinski definition) is 1. The van der Waals surface area contributed by atoms with Crippen LogP contribution in [0.1, 0.15) is 18.7 Å². The van der Waals surface area contributed by atoms with Gasteiger partial charge in [-0.25, -0.2) is 0 Å². The molecule has 1 saturated heterocycles. The summed E-state index contributed by atoms with van der Waals surface area (Å²) in [5, 5.41) is 8.45. The van der Waals surface area contributed by atoms with Gasteiger partial charge in [0.2, 0.25) is 0 Å². The quantitative estimate of drug-likeness (QED) is 0.883. The van der Waals surface area contributed by atoms with Crippen molar-refractivity contribution in [1.29, 1.82) is 0 Å². The number of nitrogens with two attached hydrogens (primary N) is 1. The lowest BCUT2D eigenvalue weighted by Gasteiger charge is -2.20. The van der Waals surface area contributed by atoms with Crippen LogP contribution in [0.3, 0.4) is 0 Å². The predicted octanol–water partition coefficient (Wildman–Crippen LogP) is 2.00. The second kappa shape index (κ2) is 4.56. The molecule has 1 aliphatic rings. The highest BCUT2D eigenvalue weighted by Gasteiger charge is 2.17. The van der Waals surface area contributed by atoms with E-state index in [1.54, 1.807) is 0 Å². The maximum absolute atomic E-state index is 5.73. The average molecular weight is 248 g/mol. The SMILES string of the molecule is Nc1ccn2c(CC3CCCSC3)nnc2c1. The Morgan fingerprint density at radius 3 is 3.24 bits per heavy atom. The van der Waals surface area contributed by atoms with Crippen LogP contribution >= 0.6 is 11.8 Å². The molecule has 17 heavy (non-hydrogen) atoms. The minimum atomic E-state index is 0.740. The Balaban J connectivity index is 1.84. The molecule has 1 unspecified atom stereocenters. The van der Waals surface area contributed by atoms with E-state index in [0.717, 1.165) is 29.5 Å². The number of hydrogen-bond acceptors (Lipinski definition) is 4. The summed E-state index contributed by atoms with van der Waals surface area (Å²) >= 11 is 2.06. The zero-order valence-corrected chi connectivity index (χ0v) is 10.5. The van der Waals surface area contributed by atoms with E-state index in [1.165, 1.54) is 24.3 Å². The number of thioether (sulfide) groups is 1. The van der Waals surface area contributed by atoms with Crippen molar-refractivity contribution in [3.8, 4) is 0 Å². The molecule has 90 valence electrons. The van der Waals surface area contributed by atoms with Gasteiger partial charge in [-0.05, 0) is 36.3 Å². The van der Waals surface area contributed by atoms with Gasteiger partial charge in [-0.2, -0.15) is 11.8 Å². The van der Waals surface area contributed by atoms with Crippen LogP contribution in [0.5, 0.6) is 0 Å². The summed E-state index contributed by atoms with van der Waals surface area (Å²) in [4.78, 5) is 0. The molecule has 2 aromatic rings. The molecule has 5 heteroatoms. The molecular formula is C12H16N4S. The summed E-state index contributed by atoms with van der Waals surface area (Å²) in [6, 6.07) is 3.77. The Hall–Kier alpha value is -1.23. The molecule has 0 radical (unpaired) electrons. The van der Waals surface area contributed by atoms with Gasteiger partial charge in [0, 0.05) is 24.4 Å². The van der Waals surface area contributed by atoms with Crippen molar-refractivity contribution in [3.63, 3.8) is 0 Å². The van der Waals surface area contributed by atoms with Crippen LogP contribution in [0.15, 0.2) is 18.3 Å². The number of nitrogen functional groups attached to an aromatic ring is 1. The molecule has 0 aliphatic carbocycles. The minimum Gasteiger partial charge on any atom is -0.399 e. The molecule has 0 aromatic carbocycles. The first-order valence-electron chi connectivity index (χ1n) is 6.00. The monoisotopic (exact) mass is 248 g/mol. The van der Waals surface area contributed by atoms with Crippen LogP contribution in [0.2, 0.25) is 0 Å². The third-order valence-electron chi connectivity index (χ3n) is 3.23. The molecule has 2 aromatic heterocycles. The van der Waals surface area contributed by atoms with Crippen molar-refractivity contribution in [1.82, 2.24) is 14.6 Å². The lowest BCUT2D eigenvalue weighted by atomic mass is 10.0. The molecule has 0 bridgehead atoms. The van der Waals surface area contributed by atoms with Gasteiger partial charge in [-0.15, -0.1) is 10.2 Å². The van der Waals surface area contributed by atoms with Crippen LogP contribution in [-0.4, -0.2) is 26.1 Å². The maximum atomic E-state index is 5.73. The second-order valence-corrected chi connectivity index (χ2v) is 5.74. The molecule has 0 saturated carbocycles. The third kappa shape index (κ3) is 2.24. The van der Waals surface area contributed by atoms with Crippen molar-refractivity contribution in [2.75, 3.05) is 17.2 Å². The van der Waals surface area contributed by atoms with Crippen LogP contribution in [0, 0.1) is 5.92 Å². The van der Waals surface area contributed by atoms with Gasteiger partial charge >= 0.3 is 0 Å². The zero-order valence-electron chi connectivity index (χ0n) is 9.67. The fourth-order valence-electron chi connectivity index (χ4n) is 2.32. The zero-order chi connectivity index (χ0) is 11.7. The number of anilines is 1. The number of rotatable bonds is 2. The van der Waals surface area contributed by atoms with Gasteiger partial charge in [0.15, 0.2) is 5.65 Å². The van der Waals surface area contributed by atoms with Gasteiger partial charge in [0.05, 0.1) is 0 Å². The van der Waals surface area contributed by atoms with Gasteiger partial charge in [-0.1, -0.05) is 0 Å². The van der Waals surface area contributed by atoms with E-state index in [9.17, 15) is 0 Å². The van der Waals surface area contributed by atoms with E-state index in [4.69, 9.17) is 5.73 Å². The van der Waals surface area contributed by atoms with Crippen LogP contribution in [0.25, 0.3) is 5.65 Å². The van der Waals surface area contributed by atoms with Crippen molar-refractivity contribution in [3.05, 3.63) is 24.2 Å². The molecule has 2 N–H and O–H groups in total. The topological polar surface area (TPSA) is 56.2 Å². The van der Waals surface area contributed by atoms with Crippen molar-refractivity contribution < 1.29 is 0 Å². The average Bonchev–Trinajstić information content (AvgIpc) is 2.73. The molecular weight excluding hydrogens is 232 g/mol. The van der Waals surface area contributed by atoms with E-state index in [2.05, 4.69) is 26.4 Å². The first kappa shape index (κ1) is 10.9. The molecule has 1 aliphatic heterocycles. The smallest absolute Gasteiger partial charge is 0.162 e. The van der Waals surface area contributed by atoms with Crippen molar-refractivity contribution in [2.45, 2.75) is 19.3 Å². The Labute approximate surface area is 105 Å². The predicted molar refractivity (Wildman–Crippen MR) is 71.2 cm³/mol. The fraction of sp³-hybridized carbons (Fsp3) is 0.500. The first-order valence-corrected chi connectivity index (χ1v) is 7.15. The van der Waals surface area contributed by atoms with Crippen LogP contribution in [-0.2, 0) is 6.42 Å². The molecule has 0 spiro atoms. The van der Waals surface area contributed by atoms with Crippen molar-refractivity contribution >= 4 is 23.1 Å². The Morgan fingerprint density at radius 1 is 1.47 bits per heavy atom. The Kier molecular flexibility index (Phi) is 2.93. The van der Waals surface area contributed by atoms with Gasteiger partial charge in [0.1, 0.15) is 5.82 Å². The summed E-state index contributed by atoms with van der Waals surface area (Å²) in [6.07, 6.45) is 5.64. The number of fused-ring (bicyclic) bond motifs is 1. The lowest BCUT2D eigenvalue weighted by Crippen LogP contribution is -2.14. The van der Waals surface area contributed by atoms with Crippen LogP contribution in [0.4, 0.5) is 5.69 Å². The molecule has 3 rings (SSSR count). The van der Waals surface area contributed by atoms with E-state index in [0.29, 0.717) is 0 Å². The fourth-order valence-corrected chi connectivity index (χ4v) is 3.48. The number of aromatic nitrogens is 3. The molecule has 4 nitrogen and oxygen atoms in total. The largest absolute Gasteiger partial charge is 0.399 e. The van der Waals surface area contributed by atoms with E-state index in [-0.39, 0.29) is 0 Å². The summed E-state index contributed by atoms with van der Waals surface area (Å²) in [6.45, 7) is 0. The molecule has 0 amide bonds. The highest BCUT2D eigenvalue weighted by molar-refractivity contribution is 7.99. The van der Waals surface area contributed by atoms with Gasteiger partial charge in [-0.3, -0.25) is 4.40 Å². The third-order valence-corrected chi connectivity index (χ3v) is 4.51. The Bertz CT molecular complexity index is 516. The standard InChI is InChI=1S/C12H16N4S/c13-10-3-4-16-11(14-15-12(16)7-10)6-9-2-1-5-17-8-9/h3-4,7,9H,1-2,5-6,8,13H2. The number of nitrogens with zero attached hydrogens (tertiary/aromatic N) is 3. The normalized spacial score (nSPS) is 20.8. The highest BCUT2D eigenvalue weighted by Crippen LogP contribution is 2.25. The van der Waals surface area contributed by atoms with E-state index >= 15 is 0 Å². The molecule has 3 heterocycles. The Morgan fingerprint density at radius 2 is 2.41 bits per heavy atom. The van der Waals surface area contributed by atoms with E-state index < -0.39 is 0 Å². The molecule has 1 atom stereocenters. The molecule has 1 fully saturated rings.